The third kappa shape index (κ3) is 3.13. The molecule has 2 amide bonds. The third-order valence-corrected chi connectivity index (χ3v) is 3.19. The van der Waals surface area contributed by atoms with Gasteiger partial charge >= 0.3 is 6.03 Å². The number of para-hydroxylation sites is 1. The molecule has 0 bridgehead atoms. The summed E-state index contributed by atoms with van der Waals surface area (Å²) in [5.74, 6) is 0. The first-order chi connectivity index (χ1) is 8.66. The molecule has 5 heteroatoms. The number of urea groups is 1. The van der Waals surface area contributed by atoms with Crippen LogP contribution in [0.2, 0.25) is 0 Å². The molecule has 3 N–H and O–H groups in total. The molecule has 18 heavy (non-hydrogen) atoms. The molecular weight excluding hydrogens is 228 g/mol. The fourth-order valence-corrected chi connectivity index (χ4v) is 2.06. The fourth-order valence-electron chi connectivity index (χ4n) is 2.06. The number of carbonyl (C=O) groups excluding carboxylic acids is 1. The molecule has 0 aromatic heterocycles. The average molecular weight is 248 g/mol. The van der Waals surface area contributed by atoms with Crippen molar-refractivity contribution in [2.45, 2.75) is 6.54 Å². The van der Waals surface area contributed by atoms with E-state index in [1.165, 1.54) is 0 Å². The molecule has 1 aliphatic heterocycles. The molecule has 0 saturated carbocycles. The molecule has 5 nitrogen and oxygen atoms in total. The number of nitrogens with one attached hydrogen (secondary N) is 1. The lowest BCUT2D eigenvalue weighted by molar-refractivity contribution is 0.207. The van der Waals surface area contributed by atoms with Gasteiger partial charge in [0.1, 0.15) is 0 Å². The highest BCUT2D eigenvalue weighted by atomic mass is 16.2. The van der Waals surface area contributed by atoms with E-state index in [1.54, 1.807) is 0 Å². The monoisotopic (exact) mass is 248 g/mol. The van der Waals surface area contributed by atoms with Gasteiger partial charge in [-0.1, -0.05) is 18.2 Å². The van der Waals surface area contributed by atoms with Crippen LogP contribution in [-0.2, 0) is 6.54 Å². The largest absolute Gasteiger partial charge is 0.398 e. The summed E-state index contributed by atoms with van der Waals surface area (Å²) in [4.78, 5) is 15.4. The van der Waals surface area contributed by atoms with E-state index in [0.717, 1.165) is 44.0 Å². The maximum Gasteiger partial charge on any atom is 0.317 e. The fraction of sp³-hybridized carbons (Fsp3) is 0.462. The van der Waals surface area contributed by atoms with E-state index in [0.29, 0.717) is 0 Å². The highest BCUT2D eigenvalue weighted by Crippen LogP contribution is 2.12. The second-order valence-corrected chi connectivity index (χ2v) is 4.66. The number of carbonyl (C=O) groups is 1. The normalized spacial score (nSPS) is 15.2. The highest BCUT2D eigenvalue weighted by Gasteiger charge is 2.19. The van der Waals surface area contributed by atoms with Gasteiger partial charge in [-0.25, -0.2) is 4.79 Å². The average Bonchev–Trinajstić information content (AvgIpc) is 2.75. The van der Waals surface area contributed by atoms with Crippen LogP contribution >= 0.6 is 0 Å². The number of rotatable bonds is 5. The van der Waals surface area contributed by atoms with Crippen LogP contribution in [0.15, 0.2) is 24.3 Å². The van der Waals surface area contributed by atoms with Gasteiger partial charge in [-0.3, -0.25) is 0 Å². The van der Waals surface area contributed by atoms with Crippen LogP contribution in [0.4, 0.5) is 10.5 Å². The Labute approximate surface area is 108 Å². The summed E-state index contributed by atoms with van der Waals surface area (Å²) in [7, 11) is 2.04. The molecule has 1 heterocycles. The predicted octanol–water partition coefficient (Wildman–Crippen LogP) is 0.726. The molecule has 1 aromatic carbocycles. The van der Waals surface area contributed by atoms with Crippen molar-refractivity contribution in [1.82, 2.24) is 15.1 Å². The van der Waals surface area contributed by atoms with E-state index in [-0.39, 0.29) is 6.03 Å². The number of nitrogens with two attached hydrogens (primary N) is 1. The lowest BCUT2D eigenvalue weighted by Gasteiger charge is -2.21. The molecule has 0 radical (unpaired) electrons. The van der Waals surface area contributed by atoms with Crippen molar-refractivity contribution in [3.05, 3.63) is 29.8 Å². The highest BCUT2D eigenvalue weighted by molar-refractivity contribution is 5.76. The Bertz CT molecular complexity index is 421. The number of anilines is 1. The molecular formula is C13H20N4O. The summed E-state index contributed by atoms with van der Waals surface area (Å²) in [6.45, 7) is 3.98. The van der Waals surface area contributed by atoms with Gasteiger partial charge in [0.2, 0.25) is 0 Å². The first-order valence-corrected chi connectivity index (χ1v) is 6.21. The summed E-state index contributed by atoms with van der Waals surface area (Å²) >= 11 is 0. The summed E-state index contributed by atoms with van der Waals surface area (Å²) < 4.78 is 0. The van der Waals surface area contributed by atoms with Gasteiger partial charge in [-0.05, 0) is 18.7 Å². The number of benzene rings is 1. The number of hydrogen-bond donors (Lipinski definition) is 2. The van der Waals surface area contributed by atoms with E-state index >= 15 is 0 Å². The van der Waals surface area contributed by atoms with Gasteiger partial charge in [-0.2, -0.15) is 0 Å². The van der Waals surface area contributed by atoms with Crippen LogP contribution in [0.3, 0.4) is 0 Å². The summed E-state index contributed by atoms with van der Waals surface area (Å²) in [5.41, 5.74) is 7.86. The van der Waals surface area contributed by atoms with Crippen molar-refractivity contribution in [3.8, 4) is 0 Å². The Kier molecular flexibility index (Phi) is 4.04. The topological polar surface area (TPSA) is 61.6 Å². The van der Waals surface area contributed by atoms with Gasteiger partial charge in [-0.15, -0.1) is 0 Å². The maximum atomic E-state index is 11.4. The van der Waals surface area contributed by atoms with Crippen LogP contribution in [0.1, 0.15) is 5.56 Å². The SMILES string of the molecule is CN(CCN1CCNC1=O)Cc1ccccc1N. The molecule has 0 atom stereocenters. The van der Waals surface area contributed by atoms with Crippen LogP contribution in [-0.4, -0.2) is 49.1 Å². The Balaban J connectivity index is 1.80. The first-order valence-electron chi connectivity index (χ1n) is 6.21. The van der Waals surface area contributed by atoms with Crippen LogP contribution in [0.25, 0.3) is 0 Å². The Morgan fingerprint density at radius 2 is 2.22 bits per heavy atom. The molecule has 2 rings (SSSR count). The van der Waals surface area contributed by atoms with Gasteiger partial charge in [0.15, 0.2) is 0 Å². The Morgan fingerprint density at radius 1 is 1.44 bits per heavy atom. The number of nitrogen functional groups attached to an aromatic ring is 1. The minimum Gasteiger partial charge on any atom is -0.398 e. The lowest BCUT2D eigenvalue weighted by atomic mass is 10.2. The maximum absolute atomic E-state index is 11.4. The van der Waals surface area contributed by atoms with Gasteiger partial charge in [0.25, 0.3) is 0 Å². The minimum absolute atomic E-state index is 0.0441. The number of amides is 2. The van der Waals surface area contributed by atoms with Crippen molar-refractivity contribution >= 4 is 11.7 Å². The van der Waals surface area contributed by atoms with Crippen molar-refractivity contribution in [2.24, 2.45) is 0 Å². The molecule has 0 aliphatic carbocycles. The zero-order valence-electron chi connectivity index (χ0n) is 10.7. The van der Waals surface area contributed by atoms with Crippen molar-refractivity contribution in [1.29, 1.82) is 0 Å². The Hall–Kier alpha value is -1.75. The molecule has 0 spiro atoms. The van der Waals surface area contributed by atoms with Crippen molar-refractivity contribution < 1.29 is 4.79 Å². The smallest absolute Gasteiger partial charge is 0.317 e. The zero-order chi connectivity index (χ0) is 13.0. The van der Waals surface area contributed by atoms with E-state index in [4.69, 9.17) is 5.73 Å². The predicted molar refractivity (Wildman–Crippen MR) is 72.2 cm³/mol. The van der Waals surface area contributed by atoms with Gasteiger partial charge in [0, 0.05) is 38.4 Å². The quantitative estimate of drug-likeness (QED) is 0.755. The molecule has 0 unspecified atom stereocenters. The van der Waals surface area contributed by atoms with Crippen molar-refractivity contribution in [3.63, 3.8) is 0 Å². The molecule has 1 fully saturated rings. The molecule has 1 aliphatic rings. The van der Waals surface area contributed by atoms with Gasteiger partial charge in [0.05, 0.1) is 0 Å². The number of hydrogen-bond acceptors (Lipinski definition) is 3. The number of likely N-dealkylation sites (N-methyl/N-ethyl adjacent to an activating group) is 1. The molecule has 1 aromatic rings. The number of nitrogens with zero attached hydrogens (tertiary/aromatic N) is 2. The van der Waals surface area contributed by atoms with Crippen LogP contribution < -0.4 is 11.1 Å². The van der Waals surface area contributed by atoms with Crippen molar-refractivity contribution in [2.75, 3.05) is 39.0 Å². The second kappa shape index (κ2) is 5.73. The molecule has 1 saturated heterocycles. The standard InChI is InChI=1S/C13H20N4O/c1-16(8-9-17-7-6-15-13(17)18)10-11-4-2-3-5-12(11)14/h2-5H,6-10,14H2,1H3,(H,15,18). The van der Waals surface area contributed by atoms with E-state index in [9.17, 15) is 4.79 Å². The van der Waals surface area contributed by atoms with E-state index in [2.05, 4.69) is 10.2 Å². The third-order valence-electron chi connectivity index (χ3n) is 3.19. The van der Waals surface area contributed by atoms with Gasteiger partial charge < -0.3 is 20.9 Å². The minimum atomic E-state index is 0.0441. The van der Waals surface area contributed by atoms with Crippen LogP contribution in [0, 0.1) is 0 Å². The first kappa shape index (κ1) is 12.7. The summed E-state index contributed by atoms with van der Waals surface area (Å²) in [6.07, 6.45) is 0. The molecule has 98 valence electrons. The summed E-state index contributed by atoms with van der Waals surface area (Å²) in [5, 5.41) is 2.80. The second-order valence-electron chi connectivity index (χ2n) is 4.66. The summed E-state index contributed by atoms with van der Waals surface area (Å²) in [6, 6.07) is 7.93. The Morgan fingerprint density at radius 3 is 2.89 bits per heavy atom. The zero-order valence-corrected chi connectivity index (χ0v) is 10.7. The van der Waals surface area contributed by atoms with E-state index < -0.39 is 0 Å². The van der Waals surface area contributed by atoms with E-state index in [1.807, 2.05) is 36.2 Å². The van der Waals surface area contributed by atoms with Crippen LogP contribution in [0.5, 0.6) is 0 Å². The lowest BCUT2D eigenvalue weighted by Crippen LogP contribution is -2.35.